The predicted molar refractivity (Wildman–Crippen MR) is 68.6 cm³/mol. The van der Waals surface area contributed by atoms with Gasteiger partial charge in [0.25, 0.3) is 0 Å². The number of hydrogen-bond acceptors (Lipinski definition) is 3. The maximum absolute atomic E-state index is 13.1. The van der Waals surface area contributed by atoms with E-state index < -0.39 is 15.8 Å². The first-order valence-electron chi connectivity index (χ1n) is 5.12. The Labute approximate surface area is 109 Å². The minimum absolute atomic E-state index is 0.0486. The Morgan fingerprint density at radius 3 is 2.71 bits per heavy atom. The molecule has 0 fully saturated rings. The lowest BCUT2D eigenvalue weighted by Gasteiger charge is -2.09. The lowest BCUT2D eigenvalue weighted by Crippen LogP contribution is -2.25. The molecule has 0 saturated carbocycles. The number of nitrogens with two attached hydrogens (primary N) is 1. The Kier molecular flexibility index (Phi) is 4.91. The Morgan fingerprint density at radius 1 is 1.47 bits per heavy atom. The van der Waals surface area contributed by atoms with Crippen LogP contribution in [0, 0.1) is 5.82 Å². The van der Waals surface area contributed by atoms with Crippen LogP contribution in [0.15, 0.2) is 21.5 Å². The van der Waals surface area contributed by atoms with Crippen molar-refractivity contribution in [2.24, 2.45) is 0 Å². The summed E-state index contributed by atoms with van der Waals surface area (Å²) in [7, 11) is -3.65. The van der Waals surface area contributed by atoms with Crippen LogP contribution >= 0.6 is 15.9 Å². The molecule has 3 N–H and O–H groups in total. The third kappa shape index (κ3) is 3.65. The fourth-order valence-electron chi connectivity index (χ4n) is 1.21. The van der Waals surface area contributed by atoms with Crippen molar-refractivity contribution in [2.75, 3.05) is 12.3 Å². The second kappa shape index (κ2) is 5.79. The first kappa shape index (κ1) is 14.4. The van der Waals surface area contributed by atoms with Crippen LogP contribution in [0.25, 0.3) is 0 Å². The molecular formula is C10H14BrFN2O2S. The van der Waals surface area contributed by atoms with Crippen molar-refractivity contribution < 1.29 is 12.8 Å². The first-order valence-corrected chi connectivity index (χ1v) is 7.40. The molecule has 7 heteroatoms. The van der Waals surface area contributed by atoms with Crippen molar-refractivity contribution in [1.29, 1.82) is 0 Å². The molecule has 0 saturated heterocycles. The fraction of sp³-hybridized carbons (Fsp3) is 0.400. The molecule has 1 aromatic carbocycles. The van der Waals surface area contributed by atoms with Gasteiger partial charge in [-0.2, -0.15) is 0 Å². The molecule has 0 aliphatic carbocycles. The largest absolute Gasteiger partial charge is 0.396 e. The zero-order valence-corrected chi connectivity index (χ0v) is 11.7. The summed E-state index contributed by atoms with van der Waals surface area (Å²) in [6, 6.07) is 2.15. The van der Waals surface area contributed by atoms with Gasteiger partial charge in [-0.1, -0.05) is 13.3 Å². The summed E-state index contributed by atoms with van der Waals surface area (Å²) in [5, 5.41) is 0. The molecular weight excluding hydrogens is 311 g/mol. The Balaban J connectivity index is 3.03. The minimum atomic E-state index is -3.65. The number of sulfonamides is 1. The highest BCUT2D eigenvalue weighted by Gasteiger charge is 2.19. The summed E-state index contributed by atoms with van der Waals surface area (Å²) in [5.41, 5.74) is 5.16. The van der Waals surface area contributed by atoms with Crippen LogP contribution in [0.2, 0.25) is 0 Å². The summed E-state index contributed by atoms with van der Waals surface area (Å²) in [6.45, 7) is 2.31. The smallest absolute Gasteiger partial charge is 0.241 e. The second-order valence-electron chi connectivity index (χ2n) is 3.56. The topological polar surface area (TPSA) is 72.2 Å². The molecule has 96 valence electrons. The van der Waals surface area contributed by atoms with E-state index in [0.717, 1.165) is 25.0 Å². The standard InChI is InChI=1S/C10H14BrFN2O2S/c1-2-3-4-14-17(15,16)10-6-9(13)8(12)5-7(10)11/h5-6,14H,2-4,13H2,1H3. The molecule has 0 heterocycles. The number of rotatable bonds is 5. The molecule has 1 aromatic rings. The van der Waals surface area contributed by atoms with Gasteiger partial charge in [0.05, 0.1) is 10.6 Å². The number of halogens is 2. The van der Waals surface area contributed by atoms with Crippen LogP contribution in [0.1, 0.15) is 19.8 Å². The van der Waals surface area contributed by atoms with E-state index in [0.29, 0.717) is 6.54 Å². The average molecular weight is 325 g/mol. The van der Waals surface area contributed by atoms with Gasteiger partial charge in [-0.15, -0.1) is 0 Å². The summed E-state index contributed by atoms with van der Waals surface area (Å²) in [5.74, 6) is -0.649. The monoisotopic (exact) mass is 324 g/mol. The third-order valence-electron chi connectivity index (χ3n) is 2.16. The van der Waals surface area contributed by atoms with Gasteiger partial charge in [0, 0.05) is 11.0 Å². The van der Waals surface area contributed by atoms with Crippen molar-refractivity contribution in [3.63, 3.8) is 0 Å². The van der Waals surface area contributed by atoms with Crippen molar-refractivity contribution in [1.82, 2.24) is 4.72 Å². The number of benzene rings is 1. The molecule has 0 bridgehead atoms. The van der Waals surface area contributed by atoms with Gasteiger partial charge >= 0.3 is 0 Å². The number of nitrogen functional groups attached to an aromatic ring is 1. The number of unbranched alkanes of at least 4 members (excludes halogenated alkanes) is 1. The maximum Gasteiger partial charge on any atom is 0.241 e. The number of nitrogens with one attached hydrogen (secondary N) is 1. The van der Waals surface area contributed by atoms with Gasteiger partial charge in [-0.25, -0.2) is 17.5 Å². The molecule has 0 atom stereocenters. The highest BCUT2D eigenvalue weighted by atomic mass is 79.9. The van der Waals surface area contributed by atoms with E-state index in [1.807, 2.05) is 6.92 Å². The molecule has 17 heavy (non-hydrogen) atoms. The number of hydrogen-bond donors (Lipinski definition) is 2. The molecule has 0 aliphatic rings. The minimum Gasteiger partial charge on any atom is -0.396 e. The molecule has 0 aliphatic heterocycles. The quantitative estimate of drug-likeness (QED) is 0.644. The Morgan fingerprint density at radius 2 is 2.12 bits per heavy atom. The molecule has 0 amide bonds. The lowest BCUT2D eigenvalue weighted by atomic mass is 10.3. The zero-order valence-electron chi connectivity index (χ0n) is 9.33. The Hall–Kier alpha value is -0.660. The van der Waals surface area contributed by atoms with Gasteiger partial charge in [-0.05, 0) is 34.5 Å². The fourth-order valence-corrected chi connectivity index (χ4v) is 3.33. The van der Waals surface area contributed by atoms with E-state index in [-0.39, 0.29) is 15.1 Å². The highest BCUT2D eigenvalue weighted by Crippen LogP contribution is 2.26. The van der Waals surface area contributed by atoms with Gasteiger partial charge in [-0.3, -0.25) is 0 Å². The van der Waals surface area contributed by atoms with Gasteiger partial charge in [0.1, 0.15) is 5.82 Å². The van der Waals surface area contributed by atoms with Crippen LogP contribution < -0.4 is 10.5 Å². The maximum atomic E-state index is 13.1. The SMILES string of the molecule is CCCCNS(=O)(=O)c1cc(N)c(F)cc1Br. The van der Waals surface area contributed by atoms with Crippen LogP contribution in [0.5, 0.6) is 0 Å². The molecule has 0 unspecified atom stereocenters. The zero-order chi connectivity index (χ0) is 13.1. The summed E-state index contributed by atoms with van der Waals surface area (Å²) < 4.78 is 39.4. The van der Waals surface area contributed by atoms with Crippen molar-refractivity contribution in [3.05, 3.63) is 22.4 Å². The second-order valence-corrected chi connectivity index (χ2v) is 6.15. The summed E-state index contributed by atoms with van der Waals surface area (Å²) in [4.78, 5) is -0.0486. The summed E-state index contributed by atoms with van der Waals surface area (Å²) in [6.07, 6.45) is 1.63. The van der Waals surface area contributed by atoms with E-state index >= 15 is 0 Å². The van der Waals surface area contributed by atoms with E-state index in [1.54, 1.807) is 0 Å². The molecule has 1 rings (SSSR count). The molecule has 0 aromatic heterocycles. The predicted octanol–water partition coefficient (Wildman–Crippen LogP) is 2.25. The van der Waals surface area contributed by atoms with Gasteiger partial charge in [0.15, 0.2) is 0 Å². The lowest BCUT2D eigenvalue weighted by molar-refractivity contribution is 0.577. The van der Waals surface area contributed by atoms with Crippen LogP contribution in [-0.4, -0.2) is 15.0 Å². The highest BCUT2D eigenvalue weighted by molar-refractivity contribution is 9.10. The number of anilines is 1. The van der Waals surface area contributed by atoms with Gasteiger partial charge < -0.3 is 5.73 Å². The van der Waals surface area contributed by atoms with Crippen LogP contribution in [0.4, 0.5) is 10.1 Å². The van der Waals surface area contributed by atoms with E-state index in [9.17, 15) is 12.8 Å². The third-order valence-corrected chi connectivity index (χ3v) is 4.58. The van der Waals surface area contributed by atoms with E-state index in [1.165, 1.54) is 0 Å². The van der Waals surface area contributed by atoms with Crippen LogP contribution in [0.3, 0.4) is 0 Å². The Bertz CT molecular complexity index is 505. The van der Waals surface area contributed by atoms with Crippen LogP contribution in [-0.2, 0) is 10.0 Å². The first-order chi connectivity index (χ1) is 7.88. The molecule has 0 radical (unpaired) electrons. The van der Waals surface area contributed by atoms with E-state index in [2.05, 4.69) is 20.7 Å². The summed E-state index contributed by atoms with van der Waals surface area (Å²) >= 11 is 3.01. The molecule has 4 nitrogen and oxygen atoms in total. The van der Waals surface area contributed by atoms with Crippen molar-refractivity contribution in [3.8, 4) is 0 Å². The van der Waals surface area contributed by atoms with Crippen molar-refractivity contribution in [2.45, 2.75) is 24.7 Å². The van der Waals surface area contributed by atoms with E-state index in [4.69, 9.17) is 5.73 Å². The normalized spacial score (nSPS) is 11.7. The van der Waals surface area contributed by atoms with Crippen molar-refractivity contribution >= 4 is 31.6 Å². The molecule has 0 spiro atoms. The van der Waals surface area contributed by atoms with Gasteiger partial charge in [0.2, 0.25) is 10.0 Å². The average Bonchev–Trinajstić information content (AvgIpc) is 2.23.